The van der Waals surface area contributed by atoms with E-state index >= 15 is 0 Å². The van der Waals surface area contributed by atoms with Crippen LogP contribution < -0.4 is 5.32 Å². The number of morpholine rings is 1. The third-order valence-electron chi connectivity index (χ3n) is 5.18. The zero-order chi connectivity index (χ0) is 21.7. The van der Waals surface area contributed by atoms with Crippen LogP contribution in [0.25, 0.3) is 0 Å². The fraction of sp³-hybridized carbons (Fsp3) is 0.579. The molecule has 0 bridgehead atoms. The second-order valence-corrected chi connectivity index (χ2v) is 9.42. The summed E-state index contributed by atoms with van der Waals surface area (Å²) in [6.07, 6.45) is 0.654. The van der Waals surface area contributed by atoms with E-state index in [2.05, 4.69) is 5.32 Å². The van der Waals surface area contributed by atoms with Gasteiger partial charge in [0.1, 0.15) is 4.90 Å². The lowest BCUT2D eigenvalue weighted by Crippen LogP contribution is -2.41. The first-order chi connectivity index (χ1) is 14.3. The lowest BCUT2D eigenvalue weighted by atomic mass is 9.96. The molecule has 2 aliphatic heterocycles. The van der Waals surface area contributed by atoms with Crippen LogP contribution >= 0.6 is 11.6 Å². The Morgan fingerprint density at radius 1 is 1.20 bits per heavy atom. The molecule has 0 saturated carbocycles. The lowest BCUT2D eigenvalue weighted by Gasteiger charge is -2.30. The number of hydrogen-bond acceptors (Lipinski definition) is 6. The minimum atomic E-state index is -3.79. The number of benzene rings is 1. The molecule has 0 radical (unpaired) electrons. The molecule has 1 N–H and O–H groups in total. The Balaban J connectivity index is 1.65. The highest BCUT2D eigenvalue weighted by atomic mass is 35.5. The van der Waals surface area contributed by atoms with Gasteiger partial charge in [0, 0.05) is 37.8 Å². The van der Waals surface area contributed by atoms with Crippen molar-refractivity contribution in [3.05, 3.63) is 23.2 Å². The molecular weight excluding hydrogens is 434 g/mol. The summed E-state index contributed by atoms with van der Waals surface area (Å²) in [5.41, 5.74) is 0.365. The molecule has 11 heteroatoms. The van der Waals surface area contributed by atoms with Crippen LogP contribution in [0.1, 0.15) is 19.8 Å². The van der Waals surface area contributed by atoms with E-state index in [9.17, 15) is 18.0 Å². The number of piperidine rings is 1. The largest absolute Gasteiger partial charge is 0.450 e. The number of nitrogens with one attached hydrogen (secondary N) is 1. The molecule has 0 aromatic heterocycles. The summed E-state index contributed by atoms with van der Waals surface area (Å²) in [7, 11) is -3.79. The SMILES string of the molecule is CCOC(=O)N1CCC(C(=O)Nc2ccc(Cl)c(S(=O)(=O)N3CCOCC3)c2)CC1. The molecule has 0 spiro atoms. The van der Waals surface area contributed by atoms with Gasteiger partial charge in [-0.25, -0.2) is 13.2 Å². The lowest BCUT2D eigenvalue weighted by molar-refractivity contribution is -0.121. The summed E-state index contributed by atoms with van der Waals surface area (Å²) in [6.45, 7) is 4.11. The van der Waals surface area contributed by atoms with Gasteiger partial charge in [-0.1, -0.05) is 11.6 Å². The first kappa shape index (κ1) is 22.8. The van der Waals surface area contributed by atoms with Crippen molar-refractivity contribution in [2.45, 2.75) is 24.7 Å². The molecule has 2 aliphatic rings. The minimum absolute atomic E-state index is 0.0407. The van der Waals surface area contributed by atoms with E-state index in [1.165, 1.54) is 16.4 Å². The van der Waals surface area contributed by atoms with E-state index in [4.69, 9.17) is 21.1 Å². The first-order valence-corrected chi connectivity index (χ1v) is 11.7. The van der Waals surface area contributed by atoms with Gasteiger partial charge in [0.15, 0.2) is 0 Å². The highest BCUT2D eigenvalue weighted by Gasteiger charge is 2.30. The summed E-state index contributed by atoms with van der Waals surface area (Å²) in [5.74, 6) is -0.485. The number of rotatable bonds is 5. The Hall–Kier alpha value is -1.88. The molecule has 2 saturated heterocycles. The quantitative estimate of drug-likeness (QED) is 0.723. The van der Waals surface area contributed by atoms with E-state index in [1.54, 1.807) is 17.9 Å². The number of amides is 2. The van der Waals surface area contributed by atoms with Crippen LogP contribution in [0.2, 0.25) is 5.02 Å². The average molecular weight is 460 g/mol. The van der Waals surface area contributed by atoms with Crippen LogP contribution in [-0.4, -0.2) is 75.6 Å². The van der Waals surface area contributed by atoms with Gasteiger partial charge in [-0.2, -0.15) is 4.31 Å². The molecule has 2 heterocycles. The van der Waals surface area contributed by atoms with E-state index < -0.39 is 10.0 Å². The van der Waals surface area contributed by atoms with Crippen LogP contribution in [0.5, 0.6) is 0 Å². The van der Waals surface area contributed by atoms with Crippen LogP contribution in [0, 0.1) is 5.92 Å². The number of sulfonamides is 1. The van der Waals surface area contributed by atoms with Crippen molar-refractivity contribution >= 4 is 39.3 Å². The minimum Gasteiger partial charge on any atom is -0.450 e. The zero-order valence-corrected chi connectivity index (χ0v) is 18.4. The van der Waals surface area contributed by atoms with Crippen LogP contribution in [0.15, 0.2) is 23.1 Å². The first-order valence-electron chi connectivity index (χ1n) is 9.93. The van der Waals surface area contributed by atoms with Crippen molar-refractivity contribution in [3.63, 3.8) is 0 Å². The predicted molar refractivity (Wildman–Crippen MR) is 111 cm³/mol. The molecule has 0 unspecified atom stereocenters. The third kappa shape index (κ3) is 5.23. The number of carbonyl (C=O) groups is 2. The topological polar surface area (TPSA) is 105 Å². The smallest absolute Gasteiger partial charge is 0.409 e. The molecule has 3 rings (SSSR count). The van der Waals surface area contributed by atoms with E-state index in [0.29, 0.717) is 51.4 Å². The molecule has 1 aromatic carbocycles. The molecule has 0 aliphatic carbocycles. The van der Waals surface area contributed by atoms with E-state index in [0.717, 1.165) is 0 Å². The van der Waals surface area contributed by atoms with Crippen molar-refractivity contribution in [1.29, 1.82) is 0 Å². The van der Waals surface area contributed by atoms with Crippen molar-refractivity contribution < 1.29 is 27.5 Å². The Kier molecular flexibility index (Phi) is 7.56. The highest BCUT2D eigenvalue weighted by Crippen LogP contribution is 2.29. The number of halogens is 1. The molecule has 2 amide bonds. The number of hydrogen-bond donors (Lipinski definition) is 1. The summed E-state index contributed by atoms with van der Waals surface area (Å²) < 4.78 is 37.4. The summed E-state index contributed by atoms with van der Waals surface area (Å²) in [4.78, 5) is 26.0. The van der Waals surface area contributed by atoms with Crippen LogP contribution in [0.3, 0.4) is 0 Å². The Bertz CT molecular complexity index is 880. The second-order valence-electron chi connectivity index (χ2n) is 7.11. The van der Waals surface area contributed by atoms with Crippen LogP contribution in [-0.2, 0) is 24.3 Å². The van der Waals surface area contributed by atoms with Gasteiger partial charge in [-0.15, -0.1) is 0 Å². The zero-order valence-electron chi connectivity index (χ0n) is 16.8. The van der Waals surface area contributed by atoms with Gasteiger partial charge in [0.2, 0.25) is 15.9 Å². The second kappa shape index (κ2) is 9.95. The van der Waals surface area contributed by atoms with Crippen LogP contribution in [0.4, 0.5) is 10.5 Å². The van der Waals surface area contributed by atoms with Crippen molar-refractivity contribution in [2.75, 3.05) is 51.3 Å². The molecule has 0 atom stereocenters. The van der Waals surface area contributed by atoms with Gasteiger partial charge < -0.3 is 19.7 Å². The number of ether oxygens (including phenoxy) is 2. The maximum absolute atomic E-state index is 12.9. The maximum atomic E-state index is 12.9. The normalized spacial score (nSPS) is 18.8. The molecule has 30 heavy (non-hydrogen) atoms. The van der Waals surface area contributed by atoms with Gasteiger partial charge in [-0.05, 0) is 38.0 Å². The Labute approximate surface area is 181 Å². The monoisotopic (exact) mass is 459 g/mol. The standard InChI is InChI=1S/C19H26ClN3O6S/c1-2-29-19(25)22-7-5-14(6-8-22)18(24)21-15-3-4-16(20)17(13-15)30(26,27)23-9-11-28-12-10-23/h3-4,13-14H,2,5-12H2,1H3,(H,21,24). The molecular formula is C19H26ClN3O6S. The van der Waals surface area contributed by atoms with Gasteiger partial charge in [0.05, 0.1) is 24.8 Å². The number of carbonyl (C=O) groups excluding carboxylic acids is 2. The fourth-order valence-electron chi connectivity index (χ4n) is 3.49. The third-order valence-corrected chi connectivity index (χ3v) is 7.56. The predicted octanol–water partition coefficient (Wildman–Crippen LogP) is 2.17. The van der Waals surface area contributed by atoms with Crippen molar-refractivity contribution in [1.82, 2.24) is 9.21 Å². The van der Waals surface area contributed by atoms with E-state index in [1.807, 2.05) is 0 Å². The van der Waals surface area contributed by atoms with Crippen molar-refractivity contribution in [3.8, 4) is 0 Å². The summed E-state index contributed by atoms with van der Waals surface area (Å²) >= 11 is 6.16. The van der Waals surface area contributed by atoms with E-state index in [-0.39, 0.29) is 40.9 Å². The van der Waals surface area contributed by atoms with Gasteiger partial charge in [-0.3, -0.25) is 4.79 Å². The van der Waals surface area contributed by atoms with Gasteiger partial charge >= 0.3 is 6.09 Å². The number of anilines is 1. The molecule has 2 fully saturated rings. The molecule has 9 nitrogen and oxygen atoms in total. The maximum Gasteiger partial charge on any atom is 0.409 e. The Morgan fingerprint density at radius 2 is 1.87 bits per heavy atom. The number of nitrogens with zero attached hydrogens (tertiary/aromatic N) is 2. The Morgan fingerprint density at radius 3 is 2.50 bits per heavy atom. The number of likely N-dealkylation sites (tertiary alicyclic amines) is 1. The molecule has 1 aromatic rings. The summed E-state index contributed by atoms with van der Waals surface area (Å²) in [6, 6.07) is 4.43. The fourth-order valence-corrected chi connectivity index (χ4v) is 5.40. The summed E-state index contributed by atoms with van der Waals surface area (Å²) in [5, 5.41) is 2.88. The average Bonchev–Trinajstić information content (AvgIpc) is 2.76. The highest BCUT2D eigenvalue weighted by molar-refractivity contribution is 7.89. The van der Waals surface area contributed by atoms with Crippen molar-refractivity contribution in [2.24, 2.45) is 5.92 Å². The molecule has 166 valence electrons. The van der Waals surface area contributed by atoms with Gasteiger partial charge in [0.25, 0.3) is 0 Å².